The van der Waals surface area contributed by atoms with Crippen molar-refractivity contribution in [1.82, 2.24) is 20.1 Å². The number of fused-ring (bicyclic) bond motifs is 1. The highest BCUT2D eigenvalue weighted by atomic mass is 32.1. The van der Waals surface area contributed by atoms with Crippen LogP contribution in [0.5, 0.6) is 0 Å². The van der Waals surface area contributed by atoms with Crippen molar-refractivity contribution in [2.75, 3.05) is 17.6 Å². The van der Waals surface area contributed by atoms with Gasteiger partial charge < -0.3 is 15.6 Å². The Morgan fingerprint density at radius 2 is 2.15 bits per heavy atom. The van der Waals surface area contributed by atoms with E-state index in [1.807, 2.05) is 6.92 Å². The Hall–Kier alpha value is -2.22. The molecule has 0 unspecified atom stereocenters. The van der Waals surface area contributed by atoms with E-state index in [9.17, 15) is 0 Å². The fraction of sp³-hybridized carbons (Fsp3) is 0.333. The highest BCUT2D eigenvalue weighted by molar-refractivity contribution is 7.18. The van der Waals surface area contributed by atoms with E-state index in [-0.39, 0.29) is 5.95 Å². The lowest BCUT2D eigenvalue weighted by Crippen LogP contribution is -2.08. The first-order chi connectivity index (χ1) is 9.61. The molecule has 7 nitrogen and oxygen atoms in total. The molecular weight excluding hydrogens is 276 g/mol. The summed E-state index contributed by atoms with van der Waals surface area (Å²) < 4.78 is 5.06. The maximum atomic E-state index is 5.72. The Bertz CT molecular complexity index is 750. The highest BCUT2D eigenvalue weighted by Gasteiger charge is 2.09. The van der Waals surface area contributed by atoms with Crippen molar-refractivity contribution in [2.24, 2.45) is 0 Å². The van der Waals surface area contributed by atoms with Gasteiger partial charge in [0.05, 0.1) is 5.39 Å². The third-order valence-corrected chi connectivity index (χ3v) is 3.68. The molecule has 0 aliphatic carbocycles. The Balaban J connectivity index is 1.76. The summed E-state index contributed by atoms with van der Waals surface area (Å²) in [7, 11) is 0. The van der Waals surface area contributed by atoms with Crippen molar-refractivity contribution in [1.29, 1.82) is 0 Å². The zero-order valence-corrected chi connectivity index (χ0v) is 12.0. The fourth-order valence-corrected chi connectivity index (χ4v) is 2.81. The van der Waals surface area contributed by atoms with Crippen LogP contribution in [-0.4, -0.2) is 26.7 Å². The molecule has 0 saturated carbocycles. The van der Waals surface area contributed by atoms with E-state index in [4.69, 9.17) is 10.3 Å². The van der Waals surface area contributed by atoms with Crippen molar-refractivity contribution in [3.8, 4) is 0 Å². The maximum Gasteiger partial charge on any atom is 0.228 e. The van der Waals surface area contributed by atoms with Crippen molar-refractivity contribution in [3.05, 3.63) is 22.7 Å². The molecule has 8 heteroatoms. The van der Waals surface area contributed by atoms with Crippen LogP contribution in [0, 0.1) is 13.8 Å². The lowest BCUT2D eigenvalue weighted by molar-refractivity contribution is 0.377. The molecule has 3 heterocycles. The van der Waals surface area contributed by atoms with Gasteiger partial charge in [-0.2, -0.15) is 9.97 Å². The molecule has 20 heavy (non-hydrogen) atoms. The molecule has 0 aliphatic rings. The number of nitrogen functional groups attached to an aromatic ring is 1. The number of thiophene rings is 1. The predicted octanol–water partition coefficient (Wildman–Crippen LogP) is 1.93. The zero-order valence-electron chi connectivity index (χ0n) is 11.2. The summed E-state index contributed by atoms with van der Waals surface area (Å²) in [4.78, 5) is 14.7. The van der Waals surface area contributed by atoms with Gasteiger partial charge in [0.2, 0.25) is 11.8 Å². The normalized spacial score (nSPS) is 11.1. The molecule has 0 amide bonds. The minimum atomic E-state index is 0.274. The number of nitrogens with zero attached hydrogens (tertiary/aromatic N) is 4. The number of aromatic nitrogens is 4. The van der Waals surface area contributed by atoms with Gasteiger partial charge in [-0.25, -0.2) is 4.98 Å². The first kappa shape index (κ1) is 12.8. The number of hydrogen-bond acceptors (Lipinski definition) is 8. The molecule has 3 aromatic rings. The van der Waals surface area contributed by atoms with E-state index in [1.165, 1.54) is 4.88 Å². The average Bonchev–Trinajstić information content (AvgIpc) is 2.94. The number of anilines is 2. The molecule has 0 aromatic carbocycles. The first-order valence-corrected chi connectivity index (χ1v) is 7.00. The van der Waals surface area contributed by atoms with E-state index in [0.29, 0.717) is 24.7 Å². The third-order valence-electron chi connectivity index (χ3n) is 2.73. The van der Waals surface area contributed by atoms with Gasteiger partial charge in [-0.15, -0.1) is 11.3 Å². The topological polar surface area (TPSA) is 103 Å². The van der Waals surface area contributed by atoms with Crippen LogP contribution < -0.4 is 11.1 Å². The van der Waals surface area contributed by atoms with Crippen LogP contribution in [-0.2, 0) is 6.42 Å². The standard InChI is InChI=1S/C12H14N6OS/c1-6-5-8-10(16-12(13)17-11(8)20-6)14-4-3-9-15-7(2)18-19-9/h5H,3-4H2,1-2H3,(H3,13,14,16,17). The monoisotopic (exact) mass is 290 g/mol. The van der Waals surface area contributed by atoms with E-state index >= 15 is 0 Å². The molecule has 0 saturated heterocycles. The summed E-state index contributed by atoms with van der Waals surface area (Å²) in [5, 5.41) is 7.99. The Morgan fingerprint density at radius 3 is 2.90 bits per heavy atom. The Morgan fingerprint density at radius 1 is 1.30 bits per heavy atom. The molecule has 3 aromatic heterocycles. The van der Waals surface area contributed by atoms with Gasteiger partial charge in [0.1, 0.15) is 10.6 Å². The van der Waals surface area contributed by atoms with Gasteiger partial charge in [0, 0.05) is 17.8 Å². The minimum absolute atomic E-state index is 0.274. The molecule has 0 bridgehead atoms. The van der Waals surface area contributed by atoms with Crippen LogP contribution >= 0.6 is 11.3 Å². The molecule has 0 atom stereocenters. The molecule has 0 fully saturated rings. The van der Waals surface area contributed by atoms with Gasteiger partial charge in [-0.3, -0.25) is 0 Å². The Kier molecular flexibility index (Phi) is 3.23. The lowest BCUT2D eigenvalue weighted by atomic mass is 10.3. The van der Waals surface area contributed by atoms with E-state index in [1.54, 1.807) is 18.3 Å². The molecule has 3 N–H and O–H groups in total. The van der Waals surface area contributed by atoms with Crippen LogP contribution in [0.3, 0.4) is 0 Å². The minimum Gasteiger partial charge on any atom is -0.369 e. The summed E-state index contributed by atoms with van der Waals surface area (Å²) in [6, 6.07) is 2.05. The molecule has 3 rings (SSSR count). The summed E-state index contributed by atoms with van der Waals surface area (Å²) in [5.41, 5.74) is 5.72. The molecule has 0 spiro atoms. The Labute approximate surface area is 119 Å². The fourth-order valence-electron chi connectivity index (χ4n) is 1.92. The van der Waals surface area contributed by atoms with Gasteiger partial charge in [-0.05, 0) is 19.9 Å². The molecular formula is C12H14N6OS. The summed E-state index contributed by atoms with van der Waals surface area (Å²) in [5.74, 6) is 2.26. The van der Waals surface area contributed by atoms with Crippen LogP contribution in [0.4, 0.5) is 11.8 Å². The number of hydrogen-bond donors (Lipinski definition) is 2. The molecule has 0 aliphatic heterocycles. The second-order valence-electron chi connectivity index (χ2n) is 4.42. The first-order valence-electron chi connectivity index (χ1n) is 6.18. The average molecular weight is 290 g/mol. The van der Waals surface area contributed by atoms with Crippen molar-refractivity contribution < 1.29 is 4.52 Å². The SMILES string of the molecule is Cc1noc(CCNc2nc(N)nc3sc(C)cc23)n1. The quantitative estimate of drug-likeness (QED) is 0.756. The van der Waals surface area contributed by atoms with Crippen molar-refractivity contribution >= 4 is 33.3 Å². The van der Waals surface area contributed by atoms with Crippen LogP contribution in [0.25, 0.3) is 10.2 Å². The van der Waals surface area contributed by atoms with Gasteiger partial charge in [-0.1, -0.05) is 5.16 Å². The second kappa shape index (κ2) is 5.04. The van der Waals surface area contributed by atoms with E-state index < -0.39 is 0 Å². The second-order valence-corrected chi connectivity index (χ2v) is 5.65. The summed E-state index contributed by atoms with van der Waals surface area (Å²) in [6.45, 7) is 4.47. The molecule has 0 radical (unpaired) electrons. The van der Waals surface area contributed by atoms with Gasteiger partial charge in [0.25, 0.3) is 0 Å². The van der Waals surface area contributed by atoms with Crippen LogP contribution in [0.2, 0.25) is 0 Å². The number of nitrogens with one attached hydrogen (secondary N) is 1. The van der Waals surface area contributed by atoms with Crippen molar-refractivity contribution in [2.45, 2.75) is 20.3 Å². The lowest BCUT2D eigenvalue weighted by Gasteiger charge is -2.05. The largest absolute Gasteiger partial charge is 0.369 e. The smallest absolute Gasteiger partial charge is 0.228 e. The molecule has 104 valence electrons. The highest BCUT2D eigenvalue weighted by Crippen LogP contribution is 2.28. The third kappa shape index (κ3) is 2.55. The van der Waals surface area contributed by atoms with Crippen LogP contribution in [0.15, 0.2) is 10.6 Å². The summed E-state index contributed by atoms with van der Waals surface area (Å²) >= 11 is 1.60. The van der Waals surface area contributed by atoms with Crippen molar-refractivity contribution in [3.63, 3.8) is 0 Å². The van der Waals surface area contributed by atoms with E-state index in [0.717, 1.165) is 16.0 Å². The number of rotatable bonds is 4. The van der Waals surface area contributed by atoms with Gasteiger partial charge in [0.15, 0.2) is 5.82 Å². The number of nitrogens with two attached hydrogens (primary N) is 1. The van der Waals surface area contributed by atoms with E-state index in [2.05, 4.69) is 31.5 Å². The van der Waals surface area contributed by atoms with Crippen LogP contribution in [0.1, 0.15) is 16.6 Å². The number of aryl methyl sites for hydroxylation is 2. The predicted molar refractivity (Wildman–Crippen MR) is 77.8 cm³/mol. The van der Waals surface area contributed by atoms with Gasteiger partial charge >= 0.3 is 0 Å². The summed E-state index contributed by atoms with van der Waals surface area (Å²) in [6.07, 6.45) is 0.634. The maximum absolute atomic E-state index is 5.72. The zero-order chi connectivity index (χ0) is 14.1.